The average Bonchev–Trinajstić information content (AvgIpc) is 2.75. The van der Waals surface area contributed by atoms with Crippen molar-refractivity contribution in [2.24, 2.45) is 0 Å². The smallest absolute Gasteiger partial charge is 0.269 e. The third-order valence-electron chi connectivity index (χ3n) is 4.96. The zero-order valence-corrected chi connectivity index (χ0v) is 16.8. The molecule has 3 rings (SSSR count). The molecular formula is C21H23N3O6. The molecular weight excluding hydrogens is 390 g/mol. The van der Waals surface area contributed by atoms with Gasteiger partial charge in [-0.05, 0) is 42.2 Å². The molecule has 30 heavy (non-hydrogen) atoms. The minimum absolute atomic E-state index is 0.0255. The molecule has 1 aliphatic rings. The summed E-state index contributed by atoms with van der Waals surface area (Å²) in [4.78, 5) is 36.6. The lowest BCUT2D eigenvalue weighted by Gasteiger charge is -2.28. The number of fused-ring (bicyclic) bond motifs is 1. The van der Waals surface area contributed by atoms with Gasteiger partial charge in [0.2, 0.25) is 11.8 Å². The molecule has 1 aliphatic heterocycles. The third-order valence-corrected chi connectivity index (χ3v) is 4.96. The van der Waals surface area contributed by atoms with E-state index in [1.165, 1.54) is 23.1 Å². The number of ether oxygens (including phenoxy) is 2. The Hall–Kier alpha value is -3.62. The second-order valence-electron chi connectivity index (χ2n) is 6.84. The van der Waals surface area contributed by atoms with Crippen molar-refractivity contribution in [2.45, 2.75) is 19.3 Å². The van der Waals surface area contributed by atoms with Gasteiger partial charge in [0.15, 0.2) is 11.5 Å². The molecule has 0 spiro atoms. The number of nitro benzene ring substituents is 1. The largest absolute Gasteiger partial charge is 0.493 e. The van der Waals surface area contributed by atoms with E-state index in [1.807, 2.05) is 12.1 Å². The van der Waals surface area contributed by atoms with E-state index in [0.29, 0.717) is 42.1 Å². The Balaban J connectivity index is 1.60. The summed E-state index contributed by atoms with van der Waals surface area (Å²) in [6.45, 7) is 0.263. The molecule has 0 radical (unpaired) electrons. The third kappa shape index (κ3) is 4.68. The first kappa shape index (κ1) is 21.1. The maximum atomic E-state index is 12.4. The summed E-state index contributed by atoms with van der Waals surface area (Å²) in [7, 11) is 3.13. The number of benzene rings is 2. The van der Waals surface area contributed by atoms with Gasteiger partial charge in [-0.25, -0.2) is 0 Å². The van der Waals surface area contributed by atoms with Gasteiger partial charge in [0.1, 0.15) is 6.54 Å². The van der Waals surface area contributed by atoms with Gasteiger partial charge in [0, 0.05) is 30.8 Å². The van der Waals surface area contributed by atoms with Crippen molar-refractivity contribution < 1.29 is 24.0 Å². The summed E-state index contributed by atoms with van der Waals surface area (Å²) in [5.41, 5.74) is 2.19. The monoisotopic (exact) mass is 413 g/mol. The molecule has 1 N–H and O–H groups in total. The van der Waals surface area contributed by atoms with Crippen LogP contribution >= 0.6 is 0 Å². The zero-order valence-electron chi connectivity index (χ0n) is 16.8. The lowest BCUT2D eigenvalue weighted by atomic mass is 10.0. The molecule has 2 aromatic rings. The summed E-state index contributed by atoms with van der Waals surface area (Å²) in [5, 5.41) is 13.8. The minimum atomic E-state index is -0.470. The Labute approximate surface area is 173 Å². The van der Waals surface area contributed by atoms with Crippen LogP contribution < -0.4 is 19.7 Å². The number of hydrogen-bond acceptors (Lipinski definition) is 6. The molecule has 9 heteroatoms. The van der Waals surface area contributed by atoms with Gasteiger partial charge in [-0.3, -0.25) is 19.7 Å². The van der Waals surface area contributed by atoms with Gasteiger partial charge in [-0.2, -0.15) is 0 Å². The van der Waals surface area contributed by atoms with Crippen LogP contribution in [-0.4, -0.2) is 44.0 Å². The van der Waals surface area contributed by atoms with Crippen LogP contribution in [0.25, 0.3) is 0 Å². The van der Waals surface area contributed by atoms with E-state index in [0.717, 1.165) is 5.56 Å². The first-order valence-corrected chi connectivity index (χ1v) is 9.48. The number of aryl methyl sites for hydroxylation is 1. The highest BCUT2D eigenvalue weighted by molar-refractivity contribution is 6.01. The van der Waals surface area contributed by atoms with Gasteiger partial charge in [0.05, 0.1) is 19.1 Å². The van der Waals surface area contributed by atoms with Crippen molar-refractivity contribution in [1.82, 2.24) is 5.32 Å². The van der Waals surface area contributed by atoms with Crippen molar-refractivity contribution in [1.29, 1.82) is 0 Å². The molecule has 0 fully saturated rings. The van der Waals surface area contributed by atoms with E-state index in [9.17, 15) is 19.7 Å². The number of anilines is 1. The number of methoxy groups -OCH3 is 2. The Kier molecular flexibility index (Phi) is 6.51. The van der Waals surface area contributed by atoms with Crippen LogP contribution in [-0.2, 0) is 22.4 Å². The zero-order chi connectivity index (χ0) is 21.7. The van der Waals surface area contributed by atoms with Gasteiger partial charge in [0.25, 0.3) is 5.69 Å². The number of amides is 2. The van der Waals surface area contributed by atoms with Crippen molar-refractivity contribution >= 4 is 23.2 Å². The Morgan fingerprint density at radius 2 is 1.90 bits per heavy atom. The number of rotatable bonds is 8. The van der Waals surface area contributed by atoms with E-state index >= 15 is 0 Å². The quantitative estimate of drug-likeness (QED) is 0.525. The van der Waals surface area contributed by atoms with Crippen LogP contribution in [0.4, 0.5) is 11.4 Å². The first-order chi connectivity index (χ1) is 14.4. The van der Waals surface area contributed by atoms with Gasteiger partial charge < -0.3 is 19.7 Å². The second kappa shape index (κ2) is 9.25. The fraction of sp³-hybridized carbons (Fsp3) is 0.333. The molecule has 0 saturated carbocycles. The highest BCUT2D eigenvalue weighted by atomic mass is 16.6. The van der Waals surface area contributed by atoms with Crippen LogP contribution in [0.1, 0.15) is 17.5 Å². The average molecular weight is 413 g/mol. The summed E-state index contributed by atoms with van der Waals surface area (Å²) in [6.07, 6.45) is 1.23. The van der Waals surface area contributed by atoms with Crippen molar-refractivity contribution in [3.8, 4) is 11.5 Å². The number of nitrogens with zero attached hydrogens (tertiary/aromatic N) is 2. The second-order valence-corrected chi connectivity index (χ2v) is 6.84. The first-order valence-electron chi connectivity index (χ1n) is 9.48. The fourth-order valence-corrected chi connectivity index (χ4v) is 3.42. The molecule has 2 aromatic carbocycles. The summed E-state index contributed by atoms with van der Waals surface area (Å²) in [5.74, 6) is 0.778. The minimum Gasteiger partial charge on any atom is -0.493 e. The molecule has 0 aliphatic carbocycles. The van der Waals surface area contributed by atoms with E-state index in [2.05, 4.69) is 5.32 Å². The van der Waals surface area contributed by atoms with E-state index in [-0.39, 0.29) is 30.5 Å². The van der Waals surface area contributed by atoms with Crippen LogP contribution in [0.15, 0.2) is 36.4 Å². The number of carbonyl (C=O) groups is 2. The Morgan fingerprint density at radius 3 is 2.60 bits per heavy atom. The van der Waals surface area contributed by atoms with Crippen molar-refractivity contribution in [3.63, 3.8) is 0 Å². The fourth-order valence-electron chi connectivity index (χ4n) is 3.42. The maximum absolute atomic E-state index is 12.4. The van der Waals surface area contributed by atoms with Crippen LogP contribution in [0, 0.1) is 10.1 Å². The SMILES string of the molecule is COc1ccc(CCNC(=O)CN2C(=O)CCc3cc([N+](=O)[O-])ccc32)cc1OC. The predicted molar refractivity (Wildman–Crippen MR) is 110 cm³/mol. The predicted octanol–water partition coefficient (Wildman–Crippen LogP) is 2.25. The molecule has 2 amide bonds. The number of nitro groups is 1. The standard InChI is InChI=1S/C21H23N3O6/c1-29-18-7-3-14(11-19(18)30-2)9-10-22-20(25)13-23-17-6-5-16(24(27)28)12-15(17)4-8-21(23)26/h3,5-7,11-12H,4,8-10,13H2,1-2H3,(H,22,25). The highest BCUT2D eigenvalue weighted by Crippen LogP contribution is 2.31. The van der Waals surface area contributed by atoms with Crippen molar-refractivity contribution in [2.75, 3.05) is 32.2 Å². The number of nitrogens with one attached hydrogen (secondary N) is 1. The van der Waals surface area contributed by atoms with E-state index in [1.54, 1.807) is 20.3 Å². The van der Waals surface area contributed by atoms with E-state index in [4.69, 9.17) is 9.47 Å². The lowest BCUT2D eigenvalue weighted by Crippen LogP contribution is -2.43. The molecule has 9 nitrogen and oxygen atoms in total. The number of carbonyl (C=O) groups excluding carboxylic acids is 2. The Morgan fingerprint density at radius 1 is 1.13 bits per heavy atom. The van der Waals surface area contributed by atoms with Crippen LogP contribution in [0.5, 0.6) is 11.5 Å². The molecule has 0 unspecified atom stereocenters. The van der Waals surface area contributed by atoms with Crippen molar-refractivity contribution in [3.05, 3.63) is 57.6 Å². The molecule has 0 saturated heterocycles. The maximum Gasteiger partial charge on any atom is 0.269 e. The highest BCUT2D eigenvalue weighted by Gasteiger charge is 2.27. The van der Waals surface area contributed by atoms with Gasteiger partial charge >= 0.3 is 0 Å². The number of non-ortho nitro benzene ring substituents is 1. The topological polar surface area (TPSA) is 111 Å². The Bertz CT molecular complexity index is 975. The molecule has 158 valence electrons. The molecule has 0 atom stereocenters. The lowest BCUT2D eigenvalue weighted by molar-refractivity contribution is -0.384. The van der Waals surface area contributed by atoms with Crippen LogP contribution in [0.2, 0.25) is 0 Å². The molecule has 0 bridgehead atoms. The normalized spacial score (nSPS) is 12.9. The van der Waals surface area contributed by atoms with Gasteiger partial charge in [-0.15, -0.1) is 0 Å². The molecule has 0 aromatic heterocycles. The van der Waals surface area contributed by atoms with Crippen LogP contribution in [0.3, 0.4) is 0 Å². The van der Waals surface area contributed by atoms with E-state index < -0.39 is 4.92 Å². The summed E-state index contributed by atoms with van der Waals surface area (Å²) < 4.78 is 10.5. The number of hydrogen-bond donors (Lipinski definition) is 1. The molecule has 1 heterocycles. The van der Waals surface area contributed by atoms with Gasteiger partial charge in [-0.1, -0.05) is 6.07 Å². The summed E-state index contributed by atoms with van der Waals surface area (Å²) >= 11 is 0. The summed E-state index contributed by atoms with van der Waals surface area (Å²) in [6, 6.07) is 9.89.